The van der Waals surface area contributed by atoms with Crippen molar-refractivity contribution in [2.24, 2.45) is 0 Å². The molecule has 0 atom stereocenters. The smallest absolute Gasteiger partial charge is 0.312 e. The van der Waals surface area contributed by atoms with Crippen LogP contribution in [0.4, 0.5) is 0 Å². The third-order valence-corrected chi connectivity index (χ3v) is 1.82. The Labute approximate surface area is 78.8 Å². The van der Waals surface area contributed by atoms with Crippen molar-refractivity contribution in [2.45, 2.75) is 0 Å². The molecule has 0 saturated heterocycles. The SMILES string of the molecule is O=c1[nH]ccn1-c1cncc(Cl)c1. The molecule has 4 nitrogen and oxygen atoms in total. The van der Waals surface area contributed by atoms with Gasteiger partial charge in [0.25, 0.3) is 0 Å². The molecule has 1 N–H and O–H groups in total. The molecule has 2 aromatic heterocycles. The molecule has 2 rings (SSSR count). The number of aromatic nitrogens is 3. The lowest BCUT2D eigenvalue weighted by atomic mass is 10.4. The van der Waals surface area contributed by atoms with Crippen LogP contribution in [0.5, 0.6) is 0 Å². The maximum Gasteiger partial charge on any atom is 0.330 e. The molecule has 0 bridgehead atoms. The minimum absolute atomic E-state index is 0.205. The van der Waals surface area contributed by atoms with Crippen LogP contribution in [-0.2, 0) is 0 Å². The molecule has 66 valence electrons. The Morgan fingerprint density at radius 1 is 1.46 bits per heavy atom. The molecule has 0 amide bonds. The second-order valence-electron chi connectivity index (χ2n) is 2.50. The number of pyridine rings is 1. The number of hydrogen-bond acceptors (Lipinski definition) is 2. The number of H-pyrrole nitrogens is 1. The van der Waals surface area contributed by atoms with E-state index in [2.05, 4.69) is 9.97 Å². The van der Waals surface area contributed by atoms with Gasteiger partial charge in [0.2, 0.25) is 0 Å². The first kappa shape index (κ1) is 8.07. The minimum Gasteiger partial charge on any atom is -0.312 e. The molecule has 13 heavy (non-hydrogen) atoms. The predicted molar refractivity (Wildman–Crippen MR) is 49.2 cm³/mol. The summed E-state index contributed by atoms with van der Waals surface area (Å²) in [7, 11) is 0. The number of halogens is 1. The van der Waals surface area contributed by atoms with Gasteiger partial charge in [-0.1, -0.05) is 11.6 Å². The summed E-state index contributed by atoms with van der Waals surface area (Å²) in [6.45, 7) is 0. The van der Waals surface area contributed by atoms with E-state index in [9.17, 15) is 4.79 Å². The van der Waals surface area contributed by atoms with Crippen molar-refractivity contribution in [3.8, 4) is 5.69 Å². The summed E-state index contributed by atoms with van der Waals surface area (Å²) in [4.78, 5) is 17.6. The highest BCUT2D eigenvalue weighted by atomic mass is 35.5. The second kappa shape index (κ2) is 3.06. The van der Waals surface area contributed by atoms with Crippen molar-refractivity contribution in [3.05, 3.63) is 46.4 Å². The van der Waals surface area contributed by atoms with E-state index in [-0.39, 0.29) is 5.69 Å². The fraction of sp³-hybridized carbons (Fsp3) is 0. The molecule has 5 heteroatoms. The lowest BCUT2D eigenvalue weighted by Gasteiger charge is -1.98. The van der Waals surface area contributed by atoms with Crippen molar-refractivity contribution in [3.63, 3.8) is 0 Å². The third-order valence-electron chi connectivity index (χ3n) is 1.62. The van der Waals surface area contributed by atoms with E-state index in [0.29, 0.717) is 10.7 Å². The zero-order chi connectivity index (χ0) is 9.26. The first-order valence-electron chi connectivity index (χ1n) is 3.64. The van der Waals surface area contributed by atoms with Crippen molar-refractivity contribution in [2.75, 3.05) is 0 Å². The van der Waals surface area contributed by atoms with Gasteiger partial charge in [-0.3, -0.25) is 9.55 Å². The fourth-order valence-electron chi connectivity index (χ4n) is 1.06. The Bertz CT molecular complexity index is 474. The lowest BCUT2D eigenvalue weighted by molar-refractivity contribution is 0.976. The van der Waals surface area contributed by atoms with Gasteiger partial charge in [0, 0.05) is 18.6 Å². The fourth-order valence-corrected chi connectivity index (χ4v) is 1.22. The average Bonchev–Trinajstić information content (AvgIpc) is 2.51. The number of nitrogens with zero attached hydrogens (tertiary/aromatic N) is 2. The van der Waals surface area contributed by atoms with Crippen molar-refractivity contribution < 1.29 is 0 Å². The van der Waals surface area contributed by atoms with Gasteiger partial charge in [-0.15, -0.1) is 0 Å². The van der Waals surface area contributed by atoms with E-state index in [1.54, 1.807) is 24.7 Å². The van der Waals surface area contributed by atoms with E-state index in [4.69, 9.17) is 11.6 Å². The van der Waals surface area contributed by atoms with Gasteiger partial charge in [0.05, 0.1) is 16.9 Å². The van der Waals surface area contributed by atoms with Crippen LogP contribution in [0.3, 0.4) is 0 Å². The molecule has 0 radical (unpaired) electrons. The van der Waals surface area contributed by atoms with E-state index >= 15 is 0 Å². The minimum atomic E-state index is -0.205. The Kier molecular flexibility index (Phi) is 1.90. The molecule has 2 aromatic rings. The third kappa shape index (κ3) is 1.48. The van der Waals surface area contributed by atoms with E-state index in [1.165, 1.54) is 10.8 Å². The molecule has 0 aliphatic carbocycles. The first-order valence-corrected chi connectivity index (χ1v) is 4.02. The van der Waals surface area contributed by atoms with Crippen LogP contribution in [0.15, 0.2) is 35.6 Å². The van der Waals surface area contributed by atoms with Crippen LogP contribution in [-0.4, -0.2) is 14.5 Å². The van der Waals surface area contributed by atoms with Gasteiger partial charge < -0.3 is 4.98 Å². The molecule has 0 spiro atoms. The molecular weight excluding hydrogens is 190 g/mol. The van der Waals surface area contributed by atoms with E-state index in [0.717, 1.165) is 0 Å². The van der Waals surface area contributed by atoms with Crippen LogP contribution in [0.25, 0.3) is 5.69 Å². The van der Waals surface area contributed by atoms with Gasteiger partial charge in [0.1, 0.15) is 0 Å². The summed E-state index contributed by atoms with van der Waals surface area (Å²) in [5.74, 6) is 0. The zero-order valence-corrected chi connectivity index (χ0v) is 7.32. The normalized spacial score (nSPS) is 10.2. The largest absolute Gasteiger partial charge is 0.330 e. The van der Waals surface area contributed by atoms with Crippen molar-refractivity contribution in [1.29, 1.82) is 0 Å². The molecule has 0 aliphatic heterocycles. The molecule has 2 heterocycles. The van der Waals surface area contributed by atoms with E-state index < -0.39 is 0 Å². The summed E-state index contributed by atoms with van der Waals surface area (Å²) in [5.41, 5.74) is 0.447. The lowest BCUT2D eigenvalue weighted by Crippen LogP contribution is -2.13. The number of nitrogens with one attached hydrogen (secondary N) is 1. The Morgan fingerprint density at radius 3 is 2.92 bits per heavy atom. The van der Waals surface area contributed by atoms with Crippen molar-refractivity contribution >= 4 is 11.6 Å². The number of hydrogen-bond donors (Lipinski definition) is 1. The highest BCUT2D eigenvalue weighted by Gasteiger charge is 1.99. The van der Waals surface area contributed by atoms with Gasteiger partial charge in [-0.25, -0.2) is 4.79 Å². The van der Waals surface area contributed by atoms with Crippen molar-refractivity contribution in [1.82, 2.24) is 14.5 Å². The molecule has 0 aromatic carbocycles. The Balaban J connectivity index is 2.59. The van der Waals surface area contributed by atoms with Gasteiger partial charge in [-0.2, -0.15) is 0 Å². The van der Waals surface area contributed by atoms with Gasteiger partial charge >= 0.3 is 5.69 Å². The predicted octanol–water partition coefficient (Wildman–Crippen LogP) is 1.21. The topological polar surface area (TPSA) is 50.7 Å². The molecule has 0 aliphatic rings. The zero-order valence-electron chi connectivity index (χ0n) is 6.57. The van der Waals surface area contributed by atoms with Crippen LogP contribution in [0, 0.1) is 0 Å². The maximum atomic E-state index is 11.2. The molecule has 0 unspecified atom stereocenters. The number of rotatable bonds is 1. The quantitative estimate of drug-likeness (QED) is 0.744. The Morgan fingerprint density at radius 2 is 2.31 bits per heavy atom. The van der Waals surface area contributed by atoms with Crippen LogP contribution in [0.2, 0.25) is 5.02 Å². The average molecular weight is 196 g/mol. The second-order valence-corrected chi connectivity index (χ2v) is 2.93. The highest BCUT2D eigenvalue weighted by Crippen LogP contribution is 2.10. The standard InChI is InChI=1S/C8H6ClN3O/c9-6-3-7(5-10-4-6)12-2-1-11-8(12)13/h1-5H,(H,11,13). The molecule has 0 saturated carbocycles. The monoisotopic (exact) mass is 195 g/mol. The summed E-state index contributed by atoms with van der Waals surface area (Å²) >= 11 is 5.73. The first-order chi connectivity index (χ1) is 6.27. The van der Waals surface area contributed by atoms with Crippen LogP contribution >= 0.6 is 11.6 Å². The summed E-state index contributed by atoms with van der Waals surface area (Å²) in [6.07, 6.45) is 6.27. The summed E-state index contributed by atoms with van der Waals surface area (Å²) in [5, 5.41) is 0.505. The number of aromatic amines is 1. The molecule has 0 fully saturated rings. The summed E-state index contributed by atoms with van der Waals surface area (Å²) in [6, 6.07) is 1.67. The van der Waals surface area contributed by atoms with E-state index in [1.807, 2.05) is 0 Å². The number of imidazole rings is 1. The van der Waals surface area contributed by atoms with Gasteiger partial charge in [-0.05, 0) is 6.07 Å². The summed E-state index contributed by atoms with van der Waals surface area (Å²) < 4.78 is 1.43. The highest BCUT2D eigenvalue weighted by molar-refractivity contribution is 6.30. The molecular formula is C8H6ClN3O. The maximum absolute atomic E-state index is 11.2. The van der Waals surface area contributed by atoms with Gasteiger partial charge in [0.15, 0.2) is 0 Å². The van der Waals surface area contributed by atoms with Crippen LogP contribution in [0.1, 0.15) is 0 Å². The van der Waals surface area contributed by atoms with Crippen LogP contribution < -0.4 is 5.69 Å². The Hall–Kier alpha value is -1.55.